The summed E-state index contributed by atoms with van der Waals surface area (Å²) in [5.41, 5.74) is 1.55. The fourth-order valence-electron chi connectivity index (χ4n) is 2.71. The summed E-state index contributed by atoms with van der Waals surface area (Å²) in [7, 11) is 0. The van der Waals surface area contributed by atoms with Crippen LogP contribution in [-0.4, -0.2) is 5.88 Å². The number of alkyl halides is 1. The summed E-state index contributed by atoms with van der Waals surface area (Å²) in [6.07, 6.45) is 7.54. The van der Waals surface area contributed by atoms with Crippen molar-refractivity contribution in [2.75, 3.05) is 5.88 Å². The molecule has 2 rings (SSSR count). The molecule has 0 aliphatic heterocycles. The summed E-state index contributed by atoms with van der Waals surface area (Å²) in [5.74, 6) is 0.762. The van der Waals surface area contributed by atoms with Crippen molar-refractivity contribution in [1.29, 1.82) is 0 Å². The van der Waals surface area contributed by atoms with Gasteiger partial charge in [0.25, 0.3) is 0 Å². The van der Waals surface area contributed by atoms with Gasteiger partial charge in [0.05, 0.1) is 0 Å². The molecule has 0 heterocycles. The lowest BCUT2D eigenvalue weighted by atomic mass is 9.72. The minimum Gasteiger partial charge on any atom is -0.126 e. The Kier molecular flexibility index (Phi) is 4.16. The van der Waals surface area contributed by atoms with E-state index >= 15 is 0 Å². The first-order chi connectivity index (χ1) is 7.76. The van der Waals surface area contributed by atoms with Gasteiger partial charge >= 0.3 is 0 Å². The second-order valence-electron chi connectivity index (χ2n) is 4.96. The molecule has 0 N–H and O–H groups in total. The number of benzene rings is 1. The molecule has 1 aromatic rings. The molecule has 0 aromatic heterocycles. The number of hydrogen-bond donors (Lipinski definition) is 0. The zero-order valence-electron chi connectivity index (χ0n) is 9.52. The Morgan fingerprint density at radius 1 is 1.06 bits per heavy atom. The van der Waals surface area contributed by atoms with Gasteiger partial charge in [-0.1, -0.05) is 49.1 Å². The second kappa shape index (κ2) is 5.42. The molecule has 0 saturated heterocycles. The molecule has 0 spiro atoms. The fraction of sp³-hybridized carbons (Fsp3) is 0.571. The van der Waals surface area contributed by atoms with Crippen molar-refractivity contribution < 1.29 is 0 Å². The number of hydrogen-bond acceptors (Lipinski definition) is 0. The van der Waals surface area contributed by atoms with Crippen LogP contribution in [0, 0.1) is 5.41 Å². The van der Waals surface area contributed by atoms with Gasteiger partial charge in [-0.2, -0.15) is 0 Å². The minimum absolute atomic E-state index is 0.296. The maximum absolute atomic E-state index is 6.22. The van der Waals surface area contributed by atoms with E-state index in [-0.39, 0.29) is 0 Å². The molecule has 0 amide bonds. The van der Waals surface area contributed by atoms with Gasteiger partial charge < -0.3 is 0 Å². The number of rotatable bonds is 3. The van der Waals surface area contributed by atoms with E-state index in [9.17, 15) is 0 Å². The Bertz CT molecular complexity index is 340. The molecule has 0 radical (unpaired) electrons. The Hall–Kier alpha value is -0.200. The average molecular weight is 257 g/mol. The van der Waals surface area contributed by atoms with E-state index in [0.717, 1.165) is 17.3 Å². The summed E-state index contributed by atoms with van der Waals surface area (Å²) in [4.78, 5) is 0. The van der Waals surface area contributed by atoms with Gasteiger partial charge in [0.2, 0.25) is 0 Å². The SMILES string of the molecule is ClCC1(Cc2ccccc2Cl)CCCCC1. The van der Waals surface area contributed by atoms with Crippen molar-refractivity contribution in [3.05, 3.63) is 34.9 Å². The summed E-state index contributed by atoms with van der Waals surface area (Å²) >= 11 is 12.4. The molecule has 1 aliphatic carbocycles. The molecule has 16 heavy (non-hydrogen) atoms. The van der Waals surface area contributed by atoms with Crippen molar-refractivity contribution in [3.63, 3.8) is 0 Å². The summed E-state index contributed by atoms with van der Waals surface area (Å²) in [5, 5.41) is 0.887. The lowest BCUT2D eigenvalue weighted by Crippen LogP contribution is -2.28. The standard InChI is InChI=1S/C14H18Cl2/c15-11-14(8-4-1-5-9-14)10-12-6-2-3-7-13(12)16/h2-3,6-7H,1,4-5,8-11H2. The molecular formula is C14H18Cl2. The first-order valence-electron chi connectivity index (χ1n) is 6.05. The van der Waals surface area contributed by atoms with Gasteiger partial charge in [-0.05, 0) is 36.3 Å². The summed E-state index contributed by atoms with van der Waals surface area (Å²) in [6.45, 7) is 0. The Morgan fingerprint density at radius 3 is 2.38 bits per heavy atom. The van der Waals surface area contributed by atoms with Crippen LogP contribution in [0.2, 0.25) is 5.02 Å². The zero-order chi connectivity index (χ0) is 11.4. The highest BCUT2D eigenvalue weighted by Crippen LogP contribution is 2.41. The third-order valence-electron chi connectivity index (χ3n) is 3.72. The molecular weight excluding hydrogens is 239 g/mol. The van der Waals surface area contributed by atoms with Crippen molar-refractivity contribution in [3.8, 4) is 0 Å². The minimum atomic E-state index is 0.296. The van der Waals surface area contributed by atoms with Crippen molar-refractivity contribution >= 4 is 23.2 Å². The van der Waals surface area contributed by atoms with E-state index in [1.165, 1.54) is 37.7 Å². The van der Waals surface area contributed by atoms with E-state index in [1.807, 2.05) is 12.1 Å². The van der Waals surface area contributed by atoms with Crippen LogP contribution in [-0.2, 0) is 6.42 Å². The largest absolute Gasteiger partial charge is 0.126 e. The smallest absolute Gasteiger partial charge is 0.0438 e. The third kappa shape index (κ3) is 2.73. The van der Waals surface area contributed by atoms with Crippen LogP contribution in [0.3, 0.4) is 0 Å². The lowest BCUT2D eigenvalue weighted by Gasteiger charge is -2.36. The van der Waals surface area contributed by atoms with E-state index in [4.69, 9.17) is 23.2 Å². The topological polar surface area (TPSA) is 0 Å². The zero-order valence-corrected chi connectivity index (χ0v) is 11.0. The molecule has 0 nitrogen and oxygen atoms in total. The second-order valence-corrected chi connectivity index (χ2v) is 5.64. The Balaban J connectivity index is 2.15. The van der Waals surface area contributed by atoms with Crippen LogP contribution in [0.25, 0.3) is 0 Å². The molecule has 0 unspecified atom stereocenters. The maximum atomic E-state index is 6.22. The molecule has 2 heteroatoms. The van der Waals surface area contributed by atoms with Gasteiger partial charge in [-0.15, -0.1) is 11.6 Å². The predicted molar refractivity (Wildman–Crippen MR) is 71.4 cm³/mol. The van der Waals surface area contributed by atoms with Crippen LogP contribution in [0.1, 0.15) is 37.7 Å². The lowest BCUT2D eigenvalue weighted by molar-refractivity contribution is 0.219. The van der Waals surface area contributed by atoms with Gasteiger partial charge in [-0.3, -0.25) is 0 Å². The molecule has 0 bridgehead atoms. The highest BCUT2D eigenvalue weighted by Gasteiger charge is 2.31. The van der Waals surface area contributed by atoms with Crippen LogP contribution in [0.4, 0.5) is 0 Å². The van der Waals surface area contributed by atoms with E-state index in [1.54, 1.807) is 0 Å². The van der Waals surface area contributed by atoms with Gasteiger partial charge in [-0.25, -0.2) is 0 Å². The molecule has 1 aromatic carbocycles. The molecule has 1 aliphatic rings. The van der Waals surface area contributed by atoms with Gasteiger partial charge in [0, 0.05) is 10.9 Å². The van der Waals surface area contributed by atoms with Crippen LogP contribution in [0.5, 0.6) is 0 Å². The van der Waals surface area contributed by atoms with E-state index < -0.39 is 0 Å². The van der Waals surface area contributed by atoms with Crippen LogP contribution >= 0.6 is 23.2 Å². The summed E-state index contributed by atoms with van der Waals surface area (Å²) in [6, 6.07) is 8.15. The van der Waals surface area contributed by atoms with E-state index in [2.05, 4.69) is 12.1 Å². The Morgan fingerprint density at radius 2 is 1.75 bits per heavy atom. The van der Waals surface area contributed by atoms with Crippen molar-refractivity contribution in [2.45, 2.75) is 38.5 Å². The molecule has 1 fully saturated rings. The first-order valence-corrected chi connectivity index (χ1v) is 6.96. The van der Waals surface area contributed by atoms with Gasteiger partial charge in [0.15, 0.2) is 0 Å². The average Bonchev–Trinajstić information content (AvgIpc) is 2.33. The number of halogens is 2. The molecule has 1 saturated carbocycles. The summed E-state index contributed by atoms with van der Waals surface area (Å²) < 4.78 is 0. The third-order valence-corrected chi connectivity index (χ3v) is 4.66. The highest BCUT2D eigenvalue weighted by molar-refractivity contribution is 6.31. The molecule has 88 valence electrons. The Labute approximate surface area is 108 Å². The normalized spacial score (nSPS) is 19.6. The fourth-order valence-corrected chi connectivity index (χ4v) is 3.27. The monoisotopic (exact) mass is 256 g/mol. The quantitative estimate of drug-likeness (QED) is 0.663. The van der Waals surface area contributed by atoms with Crippen LogP contribution in [0.15, 0.2) is 24.3 Å². The highest BCUT2D eigenvalue weighted by atomic mass is 35.5. The first kappa shape index (κ1) is 12.3. The predicted octanol–water partition coefficient (Wildman–Crippen LogP) is 5.07. The van der Waals surface area contributed by atoms with Gasteiger partial charge in [0.1, 0.15) is 0 Å². The van der Waals surface area contributed by atoms with Crippen LogP contribution < -0.4 is 0 Å². The van der Waals surface area contributed by atoms with Crippen molar-refractivity contribution in [2.24, 2.45) is 5.41 Å². The maximum Gasteiger partial charge on any atom is 0.0438 e. The van der Waals surface area contributed by atoms with E-state index in [0.29, 0.717) is 5.41 Å². The molecule has 0 atom stereocenters. The van der Waals surface area contributed by atoms with Crippen molar-refractivity contribution in [1.82, 2.24) is 0 Å².